The first kappa shape index (κ1) is 38.1. The Kier molecular flexibility index (Phi) is 11.3. The number of halogens is 3. The first-order valence-electron chi connectivity index (χ1n) is 18.1. The molecule has 280 valence electrons. The normalized spacial score (nSPS) is 17.5. The van der Waals surface area contributed by atoms with Crippen LogP contribution in [0.25, 0.3) is 0 Å². The maximum Gasteiger partial charge on any atom is 0.335 e. The van der Waals surface area contributed by atoms with Gasteiger partial charge in [0, 0.05) is 45.6 Å². The van der Waals surface area contributed by atoms with Crippen LogP contribution < -0.4 is 14.7 Å². The van der Waals surface area contributed by atoms with Crippen molar-refractivity contribution in [1.82, 2.24) is 0 Å². The second-order valence-electron chi connectivity index (χ2n) is 13.5. The van der Waals surface area contributed by atoms with Gasteiger partial charge in [-0.05, 0) is 97.6 Å². The summed E-state index contributed by atoms with van der Waals surface area (Å²) >= 11 is 19.3. The molecule has 2 aliphatic rings. The quantitative estimate of drug-likeness (QED) is 0.103. The van der Waals surface area contributed by atoms with Crippen LogP contribution in [0.1, 0.15) is 30.5 Å². The molecule has 7 rings (SSSR count). The minimum atomic E-state index is -1.16. The molecule has 0 aliphatic carbocycles. The molecule has 5 aromatic carbocycles. The number of nitrogens with zero attached hydrogens (tertiary/aromatic N) is 3. The Hall–Kier alpha value is -5.21. The van der Waals surface area contributed by atoms with Gasteiger partial charge in [0.2, 0.25) is 0 Å². The number of hydrogen-bond donors (Lipinski definition) is 0. The zero-order valence-electron chi connectivity index (χ0n) is 30.7. The SMILES string of the molecule is CCOC(=O)/C(C)=C1/N(c2ccc(Cl)cc2)/C(=C/C(=O)OC)C(Cc2ccccc2)C12N(Cc1ccc(Cl)cc1)c1ccccc1N2Cc1ccc(Cl)cc1. The lowest BCUT2D eigenvalue weighted by Crippen LogP contribution is -2.62. The third kappa shape index (κ3) is 7.32. The molecule has 0 amide bonds. The Balaban J connectivity index is 1.64. The number of carbonyl (C=O) groups is 2. The molecule has 55 heavy (non-hydrogen) atoms. The Morgan fingerprint density at radius 1 is 0.691 bits per heavy atom. The monoisotopic (exact) mass is 791 g/mol. The number of carbonyl (C=O) groups excluding carboxylic acids is 2. The fourth-order valence-electron chi connectivity index (χ4n) is 7.93. The van der Waals surface area contributed by atoms with E-state index in [0.717, 1.165) is 28.1 Å². The highest BCUT2D eigenvalue weighted by molar-refractivity contribution is 6.31. The van der Waals surface area contributed by atoms with E-state index in [2.05, 4.69) is 34.1 Å². The zero-order chi connectivity index (χ0) is 38.7. The Labute approximate surface area is 336 Å². The van der Waals surface area contributed by atoms with Crippen LogP contribution >= 0.6 is 34.8 Å². The van der Waals surface area contributed by atoms with E-state index in [4.69, 9.17) is 44.3 Å². The lowest BCUT2D eigenvalue weighted by atomic mass is 9.82. The van der Waals surface area contributed by atoms with Gasteiger partial charge in [-0.3, -0.25) is 0 Å². The smallest absolute Gasteiger partial charge is 0.335 e. The van der Waals surface area contributed by atoms with E-state index in [9.17, 15) is 9.59 Å². The number of esters is 2. The van der Waals surface area contributed by atoms with E-state index in [0.29, 0.717) is 57.2 Å². The van der Waals surface area contributed by atoms with E-state index in [1.54, 1.807) is 13.0 Å². The number of para-hydroxylation sites is 2. The van der Waals surface area contributed by atoms with Crippen LogP contribution in [-0.4, -0.2) is 31.3 Å². The van der Waals surface area contributed by atoms with Gasteiger partial charge in [-0.15, -0.1) is 0 Å². The summed E-state index contributed by atoms with van der Waals surface area (Å²) in [5.74, 6) is -1.49. The topological polar surface area (TPSA) is 62.3 Å². The molecule has 0 aromatic heterocycles. The van der Waals surface area contributed by atoms with Crippen LogP contribution in [0.5, 0.6) is 0 Å². The molecular weight excluding hydrogens is 753 g/mol. The molecule has 1 unspecified atom stereocenters. The molecule has 0 radical (unpaired) electrons. The molecular formula is C45H40Cl3N3O4. The first-order chi connectivity index (χ1) is 26.6. The van der Waals surface area contributed by atoms with Crippen LogP contribution in [0.3, 0.4) is 0 Å². The standard InChI is InChI=1S/C45H40Cl3N3O4/c1-4-55-44(53)30(2)43-45(38(26-31-10-6-5-7-11-31)41(27-42(52)54-3)51(43)37-24-22-36(48)23-25-37)49(28-32-14-18-34(46)19-15-32)39-12-8-9-13-40(39)50(45)29-33-16-20-35(47)21-17-33/h5-25,27,38H,4,26,28-29H2,1-3H3/b41-27+,43-30+. The van der Waals surface area contributed by atoms with Crippen molar-refractivity contribution < 1.29 is 19.1 Å². The van der Waals surface area contributed by atoms with E-state index >= 15 is 0 Å². The van der Waals surface area contributed by atoms with E-state index in [-0.39, 0.29) is 6.61 Å². The molecule has 0 bridgehead atoms. The molecule has 5 aromatic rings. The Morgan fingerprint density at radius 2 is 1.18 bits per heavy atom. The number of benzene rings is 5. The molecule has 1 spiro atoms. The van der Waals surface area contributed by atoms with Gasteiger partial charge in [0.15, 0.2) is 5.66 Å². The van der Waals surface area contributed by atoms with Crippen LogP contribution in [0, 0.1) is 5.92 Å². The fraction of sp³-hybridized carbons (Fsp3) is 0.200. The summed E-state index contributed by atoms with van der Waals surface area (Å²) in [6.07, 6.45) is 2.04. The van der Waals surface area contributed by atoms with Gasteiger partial charge in [-0.1, -0.05) is 102 Å². The second kappa shape index (κ2) is 16.3. The minimum absolute atomic E-state index is 0.179. The van der Waals surface area contributed by atoms with E-state index < -0.39 is 23.5 Å². The predicted molar refractivity (Wildman–Crippen MR) is 221 cm³/mol. The van der Waals surface area contributed by atoms with Crippen molar-refractivity contribution in [2.45, 2.75) is 39.0 Å². The maximum absolute atomic E-state index is 14.3. The van der Waals surface area contributed by atoms with Crippen molar-refractivity contribution in [2.24, 2.45) is 5.92 Å². The van der Waals surface area contributed by atoms with Crippen molar-refractivity contribution in [3.63, 3.8) is 0 Å². The summed E-state index contributed by atoms with van der Waals surface area (Å²) in [6, 6.07) is 41.5. The number of fused-ring (bicyclic) bond motifs is 1. The molecule has 7 nitrogen and oxygen atoms in total. The summed E-state index contributed by atoms with van der Waals surface area (Å²) < 4.78 is 11.2. The maximum atomic E-state index is 14.3. The molecule has 10 heteroatoms. The van der Waals surface area contributed by atoms with Crippen LogP contribution in [0.2, 0.25) is 15.1 Å². The fourth-order valence-corrected chi connectivity index (χ4v) is 8.31. The average Bonchev–Trinajstić information content (AvgIpc) is 3.61. The van der Waals surface area contributed by atoms with Crippen molar-refractivity contribution in [1.29, 1.82) is 0 Å². The van der Waals surface area contributed by atoms with E-state index in [1.807, 2.05) is 115 Å². The first-order valence-corrected chi connectivity index (χ1v) is 19.2. The van der Waals surface area contributed by atoms with Crippen molar-refractivity contribution in [3.8, 4) is 0 Å². The number of methoxy groups -OCH3 is 1. The second-order valence-corrected chi connectivity index (χ2v) is 14.8. The largest absolute Gasteiger partial charge is 0.466 e. The predicted octanol–water partition coefficient (Wildman–Crippen LogP) is 10.6. The molecule has 1 atom stereocenters. The Morgan fingerprint density at radius 3 is 1.67 bits per heavy atom. The number of anilines is 3. The third-order valence-electron chi connectivity index (χ3n) is 10.2. The molecule has 2 aliphatic heterocycles. The number of rotatable bonds is 10. The van der Waals surface area contributed by atoms with Gasteiger partial charge in [-0.25, -0.2) is 9.59 Å². The molecule has 1 saturated heterocycles. The lowest BCUT2D eigenvalue weighted by Gasteiger charge is -2.48. The molecule has 0 saturated carbocycles. The van der Waals surface area contributed by atoms with Crippen LogP contribution in [0.4, 0.5) is 17.1 Å². The van der Waals surface area contributed by atoms with Gasteiger partial charge >= 0.3 is 11.9 Å². The summed E-state index contributed by atoms with van der Waals surface area (Å²) in [5, 5.41) is 1.80. The molecule has 0 N–H and O–H groups in total. The minimum Gasteiger partial charge on any atom is -0.466 e. The summed E-state index contributed by atoms with van der Waals surface area (Å²) in [4.78, 5) is 34.7. The van der Waals surface area contributed by atoms with E-state index in [1.165, 1.54) is 7.11 Å². The van der Waals surface area contributed by atoms with Crippen molar-refractivity contribution in [3.05, 3.63) is 182 Å². The van der Waals surface area contributed by atoms with Gasteiger partial charge in [-0.2, -0.15) is 0 Å². The number of hydrogen-bond acceptors (Lipinski definition) is 7. The van der Waals surface area contributed by atoms with Gasteiger partial charge < -0.3 is 24.2 Å². The van der Waals surface area contributed by atoms with Crippen molar-refractivity contribution in [2.75, 3.05) is 28.4 Å². The highest BCUT2D eigenvalue weighted by Gasteiger charge is 2.65. The van der Waals surface area contributed by atoms with Crippen LogP contribution in [0.15, 0.2) is 150 Å². The zero-order valence-corrected chi connectivity index (χ0v) is 33.0. The highest BCUT2D eigenvalue weighted by atomic mass is 35.5. The van der Waals surface area contributed by atoms with Crippen LogP contribution in [-0.2, 0) is 38.6 Å². The summed E-state index contributed by atoms with van der Waals surface area (Å²) in [7, 11) is 1.37. The average molecular weight is 793 g/mol. The lowest BCUT2D eigenvalue weighted by molar-refractivity contribution is -0.138. The summed E-state index contributed by atoms with van der Waals surface area (Å²) in [5.41, 5.74) is 6.18. The molecule has 1 fully saturated rings. The molecule has 2 heterocycles. The van der Waals surface area contributed by atoms with Gasteiger partial charge in [0.25, 0.3) is 0 Å². The van der Waals surface area contributed by atoms with Gasteiger partial charge in [0.1, 0.15) is 0 Å². The third-order valence-corrected chi connectivity index (χ3v) is 11.0. The number of ether oxygens (including phenoxy) is 2. The summed E-state index contributed by atoms with van der Waals surface area (Å²) in [6.45, 7) is 4.64. The Bertz CT molecular complexity index is 2170. The highest BCUT2D eigenvalue weighted by Crippen LogP contribution is 2.61. The van der Waals surface area contributed by atoms with Crippen molar-refractivity contribution >= 4 is 63.8 Å². The van der Waals surface area contributed by atoms with Gasteiger partial charge in [0.05, 0.1) is 42.3 Å².